The Morgan fingerprint density at radius 2 is 1.45 bits per heavy atom. The number of aliphatic hydroxyl groups is 1. The second-order valence-electron chi connectivity index (χ2n) is 12.3. The molecule has 0 aromatic heterocycles. The van der Waals surface area contributed by atoms with Crippen molar-refractivity contribution >= 4 is 5.91 Å². The Balaban J connectivity index is 1.20. The van der Waals surface area contributed by atoms with E-state index in [0.717, 1.165) is 81.8 Å². The minimum atomic E-state index is -1.06. The number of carbonyl (C=O) groups is 1. The third-order valence-electron chi connectivity index (χ3n) is 9.25. The van der Waals surface area contributed by atoms with Crippen LogP contribution >= 0.6 is 0 Å². The van der Waals surface area contributed by atoms with E-state index in [-0.39, 0.29) is 48.4 Å². The molecule has 0 radical (unpaired) electrons. The summed E-state index contributed by atoms with van der Waals surface area (Å²) in [6.45, 7) is 6.67. The second-order valence-corrected chi connectivity index (χ2v) is 12.3. The summed E-state index contributed by atoms with van der Waals surface area (Å²) in [5, 5.41) is 35.3. The minimum absolute atomic E-state index is 0.0614. The number of nitrogens with two attached hydrogens (primary N) is 1. The summed E-state index contributed by atoms with van der Waals surface area (Å²) in [5.74, 6) is 0.583. The largest absolute Gasteiger partial charge is 0.502 e. The average Bonchev–Trinajstić information content (AvgIpc) is 3.70. The summed E-state index contributed by atoms with van der Waals surface area (Å²) in [6.07, 6.45) is 3.14. The average molecular weight is 658 g/mol. The third-order valence-corrected chi connectivity index (χ3v) is 9.25. The molecule has 47 heavy (non-hydrogen) atoms. The Hall–Kier alpha value is -3.33. The molecule has 0 spiro atoms. The maximum Gasteiger partial charge on any atom is 0.231 e. The first-order valence-electron chi connectivity index (χ1n) is 16.8. The van der Waals surface area contributed by atoms with Gasteiger partial charge in [-0.2, -0.15) is 0 Å². The van der Waals surface area contributed by atoms with Crippen molar-refractivity contribution in [1.29, 1.82) is 0 Å². The number of amides is 1. The van der Waals surface area contributed by atoms with Crippen molar-refractivity contribution in [2.24, 2.45) is 17.6 Å². The van der Waals surface area contributed by atoms with Gasteiger partial charge in [0.15, 0.2) is 29.3 Å². The van der Waals surface area contributed by atoms with E-state index in [1.165, 1.54) is 14.2 Å². The smallest absolute Gasteiger partial charge is 0.231 e. The van der Waals surface area contributed by atoms with Crippen molar-refractivity contribution in [1.82, 2.24) is 21.3 Å². The molecule has 1 fully saturated rings. The molecule has 5 atom stereocenters. The lowest BCUT2D eigenvalue weighted by Crippen LogP contribution is -2.43. The quantitative estimate of drug-likeness (QED) is 0.109. The summed E-state index contributed by atoms with van der Waals surface area (Å²) in [7, 11) is 2.96. The zero-order valence-electron chi connectivity index (χ0n) is 27.5. The molecule has 1 saturated heterocycles. The van der Waals surface area contributed by atoms with Gasteiger partial charge in [0.05, 0.1) is 26.9 Å². The van der Waals surface area contributed by atoms with Gasteiger partial charge in [-0.3, -0.25) is 4.79 Å². The normalized spacial score (nSPS) is 22.5. The predicted octanol–water partition coefficient (Wildman–Crippen LogP) is 1.70. The lowest BCUT2D eigenvalue weighted by atomic mass is 9.65. The molecule has 0 saturated carbocycles. The van der Waals surface area contributed by atoms with Crippen molar-refractivity contribution in [2.45, 2.75) is 50.4 Å². The molecule has 13 nitrogen and oxygen atoms in total. The van der Waals surface area contributed by atoms with E-state index >= 15 is 0 Å². The number of methoxy groups -OCH3 is 2. The van der Waals surface area contributed by atoms with Crippen LogP contribution in [0.3, 0.4) is 0 Å². The molecule has 0 bridgehead atoms. The van der Waals surface area contributed by atoms with Crippen LogP contribution in [0.1, 0.15) is 60.8 Å². The van der Waals surface area contributed by atoms with E-state index in [0.29, 0.717) is 24.3 Å². The van der Waals surface area contributed by atoms with E-state index in [1.807, 2.05) is 12.1 Å². The standard InChI is InChI=1S/C34H51N5O8/c1-43-27-15-21(16-28(44-2)33(27)41)30-22-17-25-26(47-20-46-25)18-23(22)32(24-19-45-34(42)31(24)30)39-29(40)7-3-9-36-11-5-13-38-14-6-12-37-10-4-8-35/h15-18,24,30-32,34,36-38,41-42H,3-14,19-20,35H2,1-2H3,(H,39,40)/t24-,30+,31-,32+,34?/m0/s1. The Morgan fingerprint density at radius 1 is 0.872 bits per heavy atom. The Bertz CT molecular complexity index is 1300. The maximum absolute atomic E-state index is 13.3. The summed E-state index contributed by atoms with van der Waals surface area (Å²) in [5.41, 5.74) is 8.03. The Morgan fingerprint density at radius 3 is 2.04 bits per heavy atom. The number of phenols is 1. The summed E-state index contributed by atoms with van der Waals surface area (Å²) in [6, 6.07) is 6.96. The maximum atomic E-state index is 13.3. The Labute approximate surface area is 276 Å². The van der Waals surface area contributed by atoms with Crippen LogP contribution in [0.25, 0.3) is 0 Å². The monoisotopic (exact) mass is 657 g/mol. The van der Waals surface area contributed by atoms with Crippen molar-refractivity contribution in [3.8, 4) is 28.7 Å². The molecule has 2 heterocycles. The molecule has 2 aromatic rings. The fourth-order valence-electron chi connectivity index (χ4n) is 6.90. The summed E-state index contributed by atoms with van der Waals surface area (Å²) >= 11 is 0. The molecule has 5 rings (SSSR count). The zero-order valence-corrected chi connectivity index (χ0v) is 27.5. The second kappa shape index (κ2) is 17.2. The molecule has 260 valence electrons. The SMILES string of the molecule is COc1cc([C@@H]2c3cc4c(cc3[C@@H](NC(=O)CCCNCCCNCCCNCCCN)[C@H]3COC(O)[C@H]23)OCO4)cc(OC)c1O. The molecule has 8 N–H and O–H groups in total. The van der Waals surface area contributed by atoms with Gasteiger partial charge in [0.1, 0.15) is 0 Å². The first-order valence-corrected chi connectivity index (χ1v) is 16.8. The van der Waals surface area contributed by atoms with Crippen molar-refractivity contribution in [2.75, 3.05) is 73.4 Å². The highest BCUT2D eigenvalue weighted by Gasteiger charge is 2.52. The highest BCUT2D eigenvalue weighted by Crippen LogP contribution is 2.56. The van der Waals surface area contributed by atoms with Gasteiger partial charge in [0, 0.05) is 24.2 Å². The first kappa shape index (κ1) is 35.0. The molecule has 2 aliphatic heterocycles. The molecule has 2 aromatic carbocycles. The van der Waals surface area contributed by atoms with E-state index in [4.69, 9.17) is 29.4 Å². The number of phenolic OH excluding ortho intramolecular Hbond substituents is 1. The highest BCUT2D eigenvalue weighted by atomic mass is 16.7. The Kier molecular flexibility index (Phi) is 12.8. The number of benzene rings is 2. The van der Waals surface area contributed by atoms with Crippen LogP contribution in [0.15, 0.2) is 24.3 Å². The van der Waals surface area contributed by atoms with Crippen LogP contribution in [0.2, 0.25) is 0 Å². The lowest BCUT2D eigenvalue weighted by molar-refractivity contribution is -0.122. The van der Waals surface area contributed by atoms with Gasteiger partial charge in [-0.25, -0.2) is 0 Å². The molecular formula is C34H51N5O8. The molecule has 3 aliphatic rings. The van der Waals surface area contributed by atoms with Crippen LogP contribution in [-0.2, 0) is 9.53 Å². The third kappa shape index (κ3) is 8.40. The molecular weight excluding hydrogens is 606 g/mol. The lowest BCUT2D eigenvalue weighted by Gasteiger charge is -2.41. The van der Waals surface area contributed by atoms with E-state index in [9.17, 15) is 15.0 Å². The van der Waals surface area contributed by atoms with Crippen molar-refractivity contribution in [3.05, 3.63) is 41.0 Å². The highest BCUT2D eigenvalue weighted by molar-refractivity contribution is 5.77. The van der Waals surface area contributed by atoms with Crippen molar-refractivity contribution < 1.29 is 38.7 Å². The van der Waals surface area contributed by atoms with Gasteiger partial charge < -0.3 is 60.9 Å². The number of fused-ring (bicyclic) bond motifs is 3. The van der Waals surface area contributed by atoms with Crippen LogP contribution < -0.4 is 45.9 Å². The van der Waals surface area contributed by atoms with Crippen LogP contribution in [0.5, 0.6) is 28.7 Å². The molecule has 13 heteroatoms. The van der Waals surface area contributed by atoms with E-state index in [2.05, 4.69) is 21.3 Å². The topological polar surface area (TPSA) is 178 Å². The minimum Gasteiger partial charge on any atom is -0.502 e. The number of ether oxygens (including phenoxy) is 5. The summed E-state index contributed by atoms with van der Waals surface area (Å²) in [4.78, 5) is 13.3. The van der Waals surface area contributed by atoms with Gasteiger partial charge in [-0.1, -0.05) is 0 Å². The number of carbonyl (C=O) groups excluding carboxylic acids is 1. The van der Waals surface area contributed by atoms with Crippen LogP contribution in [-0.4, -0.2) is 95.8 Å². The van der Waals surface area contributed by atoms with Gasteiger partial charge in [0.2, 0.25) is 18.4 Å². The summed E-state index contributed by atoms with van der Waals surface area (Å²) < 4.78 is 28.2. The number of hydrogen-bond donors (Lipinski definition) is 7. The van der Waals surface area contributed by atoms with E-state index < -0.39 is 18.2 Å². The van der Waals surface area contributed by atoms with Crippen molar-refractivity contribution in [3.63, 3.8) is 0 Å². The van der Waals surface area contributed by atoms with Gasteiger partial charge in [-0.05, 0) is 112 Å². The number of rotatable bonds is 19. The van der Waals surface area contributed by atoms with Crippen LogP contribution in [0.4, 0.5) is 0 Å². The van der Waals surface area contributed by atoms with Gasteiger partial charge in [-0.15, -0.1) is 0 Å². The number of hydrogen-bond acceptors (Lipinski definition) is 12. The molecule has 1 amide bonds. The molecule has 1 aliphatic carbocycles. The fraction of sp³-hybridized carbons (Fsp3) is 0.618. The number of aliphatic hydroxyl groups excluding tert-OH is 1. The van der Waals surface area contributed by atoms with E-state index in [1.54, 1.807) is 12.1 Å². The zero-order chi connectivity index (χ0) is 33.2. The number of nitrogens with one attached hydrogen (secondary N) is 4. The fourth-order valence-corrected chi connectivity index (χ4v) is 6.90. The van der Waals surface area contributed by atoms with Gasteiger partial charge >= 0.3 is 0 Å². The number of aromatic hydroxyl groups is 1. The predicted molar refractivity (Wildman–Crippen MR) is 176 cm³/mol. The molecule has 1 unspecified atom stereocenters. The van der Waals surface area contributed by atoms with Crippen LogP contribution in [0, 0.1) is 11.8 Å². The first-order chi connectivity index (χ1) is 23.0. The van der Waals surface area contributed by atoms with Gasteiger partial charge in [0.25, 0.3) is 0 Å².